The van der Waals surface area contributed by atoms with Crippen LogP contribution < -0.4 is 11.3 Å². The zero-order valence-corrected chi connectivity index (χ0v) is 14.2. The lowest BCUT2D eigenvalue weighted by Gasteiger charge is -2.15. The van der Waals surface area contributed by atoms with E-state index in [1.54, 1.807) is 16.0 Å². The molecule has 9 heteroatoms. The van der Waals surface area contributed by atoms with Gasteiger partial charge in [0.15, 0.2) is 4.60 Å². The minimum absolute atomic E-state index is 0.179. The van der Waals surface area contributed by atoms with Crippen molar-refractivity contribution >= 4 is 59.1 Å². The van der Waals surface area contributed by atoms with Crippen LogP contribution in [0.2, 0.25) is 0 Å². The maximum absolute atomic E-state index is 5.64. The highest BCUT2D eigenvalue weighted by molar-refractivity contribution is 9.12. The van der Waals surface area contributed by atoms with E-state index in [-0.39, 0.29) is 6.04 Å². The van der Waals surface area contributed by atoms with Gasteiger partial charge in [-0.3, -0.25) is 5.84 Å². The summed E-state index contributed by atoms with van der Waals surface area (Å²) in [7, 11) is 1.83. The van der Waals surface area contributed by atoms with Crippen molar-refractivity contribution in [1.82, 2.24) is 20.4 Å². The van der Waals surface area contributed by atoms with E-state index in [1.807, 2.05) is 13.1 Å². The van der Waals surface area contributed by atoms with E-state index in [4.69, 9.17) is 5.84 Å². The predicted octanol–water partition coefficient (Wildman–Crippen LogP) is 2.72. The van der Waals surface area contributed by atoms with Gasteiger partial charge in [0.2, 0.25) is 0 Å². The molecule has 92 valence electrons. The number of rotatable bonds is 3. The summed E-state index contributed by atoms with van der Waals surface area (Å²) in [6.45, 7) is 0. The van der Waals surface area contributed by atoms with E-state index in [1.165, 1.54) is 0 Å². The lowest BCUT2D eigenvalue weighted by atomic mass is 10.1. The van der Waals surface area contributed by atoms with E-state index in [0.29, 0.717) is 4.60 Å². The molecular weight excluding hydrogens is 438 g/mol. The van der Waals surface area contributed by atoms with Crippen LogP contribution in [-0.2, 0) is 7.05 Å². The van der Waals surface area contributed by atoms with E-state index in [9.17, 15) is 0 Å². The molecule has 0 saturated carbocycles. The summed E-state index contributed by atoms with van der Waals surface area (Å²) in [6, 6.07) is 1.83. The van der Waals surface area contributed by atoms with Gasteiger partial charge in [0, 0.05) is 12.6 Å². The highest BCUT2D eigenvalue weighted by Gasteiger charge is 2.24. The zero-order valence-electron chi connectivity index (χ0n) is 8.62. The van der Waals surface area contributed by atoms with Gasteiger partial charge in [-0.2, -0.15) is 0 Å². The number of aryl methyl sites for hydroxylation is 1. The molecule has 2 aromatic heterocycles. The number of nitrogens with two attached hydrogens (primary N) is 1. The fourth-order valence-corrected chi connectivity index (χ4v) is 4.97. The lowest BCUT2D eigenvalue weighted by molar-refractivity contribution is 0.569. The first kappa shape index (κ1) is 13.6. The molecule has 0 radical (unpaired) electrons. The van der Waals surface area contributed by atoms with Crippen LogP contribution in [0.1, 0.15) is 17.3 Å². The summed E-state index contributed by atoms with van der Waals surface area (Å²) in [5.74, 6) is 5.64. The van der Waals surface area contributed by atoms with Crippen molar-refractivity contribution in [1.29, 1.82) is 0 Å². The molecule has 5 nitrogen and oxygen atoms in total. The van der Waals surface area contributed by atoms with Gasteiger partial charge in [0.25, 0.3) is 0 Å². The van der Waals surface area contributed by atoms with Crippen molar-refractivity contribution in [3.05, 3.63) is 29.5 Å². The molecule has 2 aromatic rings. The summed E-state index contributed by atoms with van der Waals surface area (Å²) >= 11 is 11.9. The van der Waals surface area contributed by atoms with Gasteiger partial charge in [0.05, 0.1) is 19.3 Å². The Bertz CT molecular complexity index is 518. The molecule has 2 heterocycles. The first-order valence-electron chi connectivity index (χ1n) is 4.50. The number of nitrogens with zero attached hydrogens (tertiary/aromatic N) is 3. The molecule has 3 N–H and O–H groups in total. The normalized spacial score (nSPS) is 13.0. The smallest absolute Gasteiger partial charge is 0.153 e. The largest absolute Gasteiger partial charge is 0.271 e. The molecule has 0 spiro atoms. The average molecular weight is 446 g/mol. The number of halogens is 3. The maximum atomic E-state index is 5.64. The number of aromatic nitrogens is 3. The average Bonchev–Trinajstić information content (AvgIpc) is 2.76. The molecule has 1 atom stereocenters. The SMILES string of the molecule is Cn1nnc(Br)c1C(NN)c1cc(Br)sc1Br. The molecule has 17 heavy (non-hydrogen) atoms. The number of hydrogen-bond donors (Lipinski definition) is 2. The lowest BCUT2D eigenvalue weighted by Crippen LogP contribution is -2.30. The maximum Gasteiger partial charge on any atom is 0.153 e. The second-order valence-electron chi connectivity index (χ2n) is 3.27. The Morgan fingerprint density at radius 3 is 2.59 bits per heavy atom. The summed E-state index contributed by atoms with van der Waals surface area (Å²) in [5, 5.41) is 7.91. The third kappa shape index (κ3) is 2.64. The van der Waals surface area contributed by atoms with Crippen LogP contribution in [0.4, 0.5) is 0 Å². The van der Waals surface area contributed by atoms with Crippen molar-refractivity contribution in [2.45, 2.75) is 6.04 Å². The highest BCUT2D eigenvalue weighted by atomic mass is 79.9. The van der Waals surface area contributed by atoms with Crippen LogP contribution in [0.5, 0.6) is 0 Å². The van der Waals surface area contributed by atoms with Crippen molar-refractivity contribution in [3.63, 3.8) is 0 Å². The standard InChI is InChI=1S/C8H8Br3N5S/c1-16-6(7(10)14-15-16)5(13-12)3-2-4(9)17-8(3)11/h2,5,13H,12H2,1H3. The summed E-state index contributed by atoms with van der Waals surface area (Å²) < 4.78 is 4.41. The molecule has 0 fully saturated rings. The van der Waals surface area contributed by atoms with E-state index < -0.39 is 0 Å². The van der Waals surface area contributed by atoms with Crippen molar-refractivity contribution in [3.8, 4) is 0 Å². The van der Waals surface area contributed by atoms with Crippen LogP contribution in [-0.4, -0.2) is 15.0 Å². The molecule has 0 aliphatic carbocycles. The zero-order chi connectivity index (χ0) is 12.6. The van der Waals surface area contributed by atoms with Gasteiger partial charge in [-0.1, -0.05) is 5.21 Å². The fourth-order valence-electron chi connectivity index (χ4n) is 1.51. The number of hydrazine groups is 1. The van der Waals surface area contributed by atoms with Crippen molar-refractivity contribution < 1.29 is 0 Å². The van der Waals surface area contributed by atoms with Gasteiger partial charge < -0.3 is 0 Å². The van der Waals surface area contributed by atoms with E-state index in [2.05, 4.69) is 63.5 Å². The Kier molecular flexibility index (Phi) is 4.37. The molecule has 0 bridgehead atoms. The summed E-state index contributed by atoms with van der Waals surface area (Å²) in [5.41, 5.74) is 4.69. The summed E-state index contributed by atoms with van der Waals surface area (Å²) in [4.78, 5) is 0. The molecule has 0 amide bonds. The molecule has 0 aliphatic heterocycles. The number of thiophene rings is 1. The van der Waals surface area contributed by atoms with Gasteiger partial charge >= 0.3 is 0 Å². The van der Waals surface area contributed by atoms with Crippen LogP contribution >= 0.6 is 59.1 Å². The quantitative estimate of drug-likeness (QED) is 0.563. The molecule has 2 rings (SSSR count). The van der Waals surface area contributed by atoms with Crippen LogP contribution in [0, 0.1) is 0 Å². The van der Waals surface area contributed by atoms with Crippen LogP contribution in [0.15, 0.2) is 18.2 Å². The van der Waals surface area contributed by atoms with Gasteiger partial charge in [-0.15, -0.1) is 16.4 Å². The number of nitrogens with one attached hydrogen (secondary N) is 1. The first-order valence-corrected chi connectivity index (χ1v) is 7.70. The Morgan fingerprint density at radius 1 is 1.47 bits per heavy atom. The molecular formula is C8H8Br3N5S. The Labute approximate surface area is 127 Å². The minimum Gasteiger partial charge on any atom is -0.271 e. The summed E-state index contributed by atoms with van der Waals surface area (Å²) in [6.07, 6.45) is 0. The monoisotopic (exact) mass is 443 g/mol. The molecule has 0 aliphatic rings. The van der Waals surface area contributed by atoms with E-state index in [0.717, 1.165) is 18.8 Å². The molecule has 1 unspecified atom stereocenters. The van der Waals surface area contributed by atoms with Gasteiger partial charge in [-0.05, 0) is 53.9 Å². The predicted molar refractivity (Wildman–Crippen MR) is 77.6 cm³/mol. The van der Waals surface area contributed by atoms with Crippen LogP contribution in [0.25, 0.3) is 0 Å². The Balaban J connectivity index is 2.51. The fraction of sp³-hybridized carbons (Fsp3) is 0.250. The Hall–Kier alpha value is 0.200. The second kappa shape index (κ2) is 5.45. The Morgan fingerprint density at radius 2 is 2.18 bits per heavy atom. The second-order valence-corrected chi connectivity index (χ2v) is 7.77. The minimum atomic E-state index is -0.179. The van der Waals surface area contributed by atoms with Crippen molar-refractivity contribution in [2.24, 2.45) is 12.9 Å². The third-order valence-electron chi connectivity index (χ3n) is 2.26. The molecule has 0 saturated heterocycles. The van der Waals surface area contributed by atoms with Crippen molar-refractivity contribution in [2.75, 3.05) is 0 Å². The highest BCUT2D eigenvalue weighted by Crippen LogP contribution is 2.38. The number of hydrogen-bond acceptors (Lipinski definition) is 5. The first-order chi connectivity index (χ1) is 8.04. The van der Waals surface area contributed by atoms with Gasteiger partial charge in [-0.25, -0.2) is 10.1 Å². The topological polar surface area (TPSA) is 68.8 Å². The van der Waals surface area contributed by atoms with Gasteiger partial charge in [0.1, 0.15) is 0 Å². The third-order valence-corrected chi connectivity index (χ3v) is 5.21. The van der Waals surface area contributed by atoms with Crippen LogP contribution in [0.3, 0.4) is 0 Å². The van der Waals surface area contributed by atoms with E-state index >= 15 is 0 Å². The molecule has 0 aromatic carbocycles.